The Morgan fingerprint density at radius 2 is 2.00 bits per heavy atom. The Morgan fingerprint density at radius 1 is 1.39 bits per heavy atom. The monoisotopic (exact) mass is 267 g/mol. The van der Waals surface area contributed by atoms with E-state index in [2.05, 4.69) is 0 Å². The number of halogens is 1. The van der Waals surface area contributed by atoms with E-state index < -0.39 is 11.6 Å². The quantitative estimate of drug-likeness (QED) is 0.820. The lowest BCUT2D eigenvalue weighted by molar-refractivity contribution is -0.140. The molecular weight excluding hydrogens is 250 g/mol. The molecule has 1 aliphatic rings. The Morgan fingerprint density at radius 3 is 2.61 bits per heavy atom. The Balaban J connectivity index is 2.52. The van der Waals surface area contributed by atoms with Crippen molar-refractivity contribution in [1.29, 1.82) is 0 Å². The number of nitrogens with two attached hydrogens (primary N) is 1. The standard InChI is InChI=1S/C14H18ClNO2/c1-13(2)7-11(17)12(18)14(16,8-13)9-5-3-4-6-10(9)15/h3-6,11,17H,7-8,16H2,1-2H3/t11-,14-/m1/s1. The number of hydrogen-bond donors (Lipinski definition) is 2. The van der Waals surface area contributed by atoms with Gasteiger partial charge in [-0.1, -0.05) is 43.6 Å². The maximum absolute atomic E-state index is 12.3. The number of ketones is 1. The lowest BCUT2D eigenvalue weighted by atomic mass is 9.64. The van der Waals surface area contributed by atoms with E-state index in [0.717, 1.165) is 0 Å². The average molecular weight is 268 g/mol. The molecule has 0 aliphatic heterocycles. The number of carbonyl (C=O) groups excluding carboxylic acids is 1. The highest BCUT2D eigenvalue weighted by molar-refractivity contribution is 6.31. The van der Waals surface area contributed by atoms with Crippen LogP contribution in [0.5, 0.6) is 0 Å². The molecule has 1 aromatic carbocycles. The van der Waals surface area contributed by atoms with E-state index in [4.69, 9.17) is 17.3 Å². The largest absolute Gasteiger partial charge is 0.385 e. The third kappa shape index (κ3) is 2.18. The summed E-state index contributed by atoms with van der Waals surface area (Å²) in [5, 5.41) is 10.4. The Bertz CT molecular complexity index is 486. The summed E-state index contributed by atoms with van der Waals surface area (Å²) in [5.74, 6) is -0.338. The van der Waals surface area contributed by atoms with Gasteiger partial charge in [-0.05, 0) is 29.9 Å². The fourth-order valence-electron chi connectivity index (χ4n) is 2.88. The molecule has 1 aromatic rings. The fourth-order valence-corrected chi connectivity index (χ4v) is 3.18. The smallest absolute Gasteiger partial charge is 0.185 e. The van der Waals surface area contributed by atoms with Gasteiger partial charge in [0.1, 0.15) is 11.6 Å². The molecule has 4 heteroatoms. The van der Waals surface area contributed by atoms with Crippen molar-refractivity contribution in [2.75, 3.05) is 0 Å². The lowest BCUT2D eigenvalue weighted by Crippen LogP contribution is -2.57. The van der Waals surface area contributed by atoms with Crippen LogP contribution in [0.3, 0.4) is 0 Å². The van der Waals surface area contributed by atoms with Crippen LogP contribution in [-0.2, 0) is 10.3 Å². The van der Waals surface area contributed by atoms with Crippen molar-refractivity contribution >= 4 is 17.4 Å². The second-order valence-electron chi connectivity index (χ2n) is 5.88. The maximum atomic E-state index is 12.3. The summed E-state index contributed by atoms with van der Waals surface area (Å²) in [6, 6.07) is 7.07. The van der Waals surface area contributed by atoms with Crippen LogP contribution in [0.2, 0.25) is 5.02 Å². The van der Waals surface area contributed by atoms with E-state index in [1.54, 1.807) is 24.3 Å². The average Bonchev–Trinajstić information content (AvgIpc) is 2.25. The van der Waals surface area contributed by atoms with Gasteiger partial charge in [0.2, 0.25) is 0 Å². The molecule has 1 saturated carbocycles. The predicted molar refractivity (Wildman–Crippen MR) is 71.3 cm³/mol. The van der Waals surface area contributed by atoms with Crippen molar-refractivity contribution in [1.82, 2.24) is 0 Å². The molecule has 98 valence electrons. The van der Waals surface area contributed by atoms with Gasteiger partial charge < -0.3 is 10.8 Å². The third-order valence-electron chi connectivity index (χ3n) is 3.60. The molecule has 0 unspecified atom stereocenters. The van der Waals surface area contributed by atoms with E-state index in [1.165, 1.54) is 0 Å². The SMILES string of the molecule is CC1(C)C[C@@H](O)C(=O)[C@](N)(c2ccccc2Cl)C1. The number of benzene rings is 1. The van der Waals surface area contributed by atoms with Gasteiger partial charge in [-0.15, -0.1) is 0 Å². The zero-order valence-corrected chi connectivity index (χ0v) is 11.4. The summed E-state index contributed by atoms with van der Waals surface area (Å²) in [4.78, 5) is 12.3. The number of aliphatic hydroxyl groups is 1. The summed E-state index contributed by atoms with van der Waals surface area (Å²) in [6.45, 7) is 4.00. The number of carbonyl (C=O) groups is 1. The van der Waals surface area contributed by atoms with E-state index in [9.17, 15) is 9.90 Å². The van der Waals surface area contributed by atoms with Crippen LogP contribution in [0.25, 0.3) is 0 Å². The number of rotatable bonds is 1. The van der Waals surface area contributed by atoms with Gasteiger partial charge in [0.15, 0.2) is 5.78 Å². The molecule has 0 spiro atoms. The molecule has 1 fully saturated rings. The molecule has 3 nitrogen and oxygen atoms in total. The Hall–Kier alpha value is -0.900. The molecule has 2 atom stereocenters. The Labute approximate surface area is 112 Å². The van der Waals surface area contributed by atoms with E-state index in [1.807, 2.05) is 13.8 Å². The first-order valence-corrected chi connectivity index (χ1v) is 6.40. The van der Waals surface area contributed by atoms with E-state index in [0.29, 0.717) is 23.4 Å². The second-order valence-corrected chi connectivity index (χ2v) is 6.28. The van der Waals surface area contributed by atoms with Crippen LogP contribution in [0.15, 0.2) is 24.3 Å². The molecule has 0 amide bonds. The summed E-state index contributed by atoms with van der Waals surface area (Å²) in [7, 11) is 0. The molecule has 0 bridgehead atoms. The normalized spacial score (nSPS) is 31.4. The molecule has 18 heavy (non-hydrogen) atoms. The first kappa shape index (κ1) is 13.5. The van der Waals surface area contributed by atoms with Crippen LogP contribution in [0.1, 0.15) is 32.3 Å². The van der Waals surface area contributed by atoms with Crippen molar-refractivity contribution in [2.24, 2.45) is 11.1 Å². The van der Waals surface area contributed by atoms with Crippen LogP contribution in [0.4, 0.5) is 0 Å². The fraction of sp³-hybridized carbons (Fsp3) is 0.500. The van der Waals surface area contributed by atoms with Crippen molar-refractivity contribution < 1.29 is 9.90 Å². The van der Waals surface area contributed by atoms with Gasteiger partial charge in [-0.2, -0.15) is 0 Å². The van der Waals surface area contributed by atoms with Crippen molar-refractivity contribution in [3.8, 4) is 0 Å². The molecule has 3 N–H and O–H groups in total. The van der Waals surface area contributed by atoms with E-state index >= 15 is 0 Å². The van der Waals surface area contributed by atoms with Gasteiger partial charge in [-0.3, -0.25) is 4.79 Å². The van der Waals surface area contributed by atoms with Crippen LogP contribution in [0, 0.1) is 5.41 Å². The molecule has 1 aliphatic carbocycles. The third-order valence-corrected chi connectivity index (χ3v) is 3.93. The van der Waals surface area contributed by atoms with Crippen LogP contribution in [-0.4, -0.2) is 17.0 Å². The zero-order chi connectivity index (χ0) is 13.6. The first-order chi connectivity index (χ1) is 8.26. The summed E-state index contributed by atoms with van der Waals surface area (Å²) in [6.07, 6.45) is -0.0930. The molecule has 0 heterocycles. The molecule has 0 aromatic heterocycles. The minimum absolute atomic E-state index is 0.193. The van der Waals surface area contributed by atoms with Crippen molar-refractivity contribution in [3.05, 3.63) is 34.9 Å². The minimum Gasteiger partial charge on any atom is -0.385 e. The summed E-state index contributed by atoms with van der Waals surface area (Å²) < 4.78 is 0. The second kappa shape index (κ2) is 4.34. The number of hydrogen-bond acceptors (Lipinski definition) is 3. The molecular formula is C14H18ClNO2. The first-order valence-electron chi connectivity index (χ1n) is 6.02. The lowest BCUT2D eigenvalue weighted by Gasteiger charge is -2.43. The van der Waals surface area contributed by atoms with Crippen LogP contribution >= 0.6 is 11.6 Å². The highest BCUT2D eigenvalue weighted by Crippen LogP contribution is 2.44. The van der Waals surface area contributed by atoms with Gasteiger partial charge in [-0.25, -0.2) is 0 Å². The van der Waals surface area contributed by atoms with Gasteiger partial charge >= 0.3 is 0 Å². The van der Waals surface area contributed by atoms with Crippen molar-refractivity contribution in [2.45, 2.75) is 38.3 Å². The van der Waals surface area contributed by atoms with Crippen molar-refractivity contribution in [3.63, 3.8) is 0 Å². The maximum Gasteiger partial charge on any atom is 0.185 e. The molecule has 2 rings (SSSR count). The predicted octanol–water partition coefficient (Wildman–Crippen LogP) is 2.24. The Kier molecular flexibility index (Phi) is 3.26. The number of Topliss-reactive ketones (excluding diaryl/α,β-unsaturated/α-hetero) is 1. The van der Waals surface area contributed by atoms with E-state index in [-0.39, 0.29) is 11.2 Å². The van der Waals surface area contributed by atoms with Gasteiger partial charge in [0.05, 0.1) is 0 Å². The van der Waals surface area contributed by atoms with Crippen LogP contribution < -0.4 is 5.73 Å². The zero-order valence-electron chi connectivity index (χ0n) is 10.6. The molecule has 0 saturated heterocycles. The summed E-state index contributed by atoms with van der Waals surface area (Å²) in [5.41, 5.74) is 5.51. The minimum atomic E-state index is -1.19. The molecule has 0 radical (unpaired) electrons. The summed E-state index contributed by atoms with van der Waals surface area (Å²) >= 11 is 6.14. The van der Waals surface area contributed by atoms with Gasteiger partial charge in [0.25, 0.3) is 0 Å². The topological polar surface area (TPSA) is 63.3 Å². The number of aliphatic hydroxyl groups excluding tert-OH is 1. The highest BCUT2D eigenvalue weighted by Gasteiger charge is 2.49. The van der Waals surface area contributed by atoms with Gasteiger partial charge in [0, 0.05) is 5.02 Å². The highest BCUT2D eigenvalue weighted by atomic mass is 35.5.